The van der Waals surface area contributed by atoms with Crippen molar-refractivity contribution >= 4 is 34.3 Å². The van der Waals surface area contributed by atoms with E-state index >= 15 is 0 Å². The number of carbonyl (C=O) groups excluding carboxylic acids is 1. The van der Waals surface area contributed by atoms with Crippen molar-refractivity contribution in [3.63, 3.8) is 0 Å². The maximum atomic E-state index is 11.0. The average molecular weight is 352 g/mol. The van der Waals surface area contributed by atoms with E-state index in [0.29, 0.717) is 11.3 Å². The van der Waals surface area contributed by atoms with Gasteiger partial charge in [-0.05, 0) is 34.7 Å². The van der Waals surface area contributed by atoms with Crippen LogP contribution in [-0.2, 0) is 4.79 Å². The Morgan fingerprint density at radius 3 is 2.94 bits per heavy atom. The molecule has 1 aromatic heterocycles. The lowest BCUT2D eigenvalue weighted by atomic mass is 10.1. The summed E-state index contributed by atoms with van der Waals surface area (Å²) in [4.78, 5) is 11.0. The zero-order valence-electron chi connectivity index (χ0n) is 9.49. The lowest BCUT2D eigenvalue weighted by Crippen LogP contribution is -2.07. The first kappa shape index (κ1) is 12.6. The summed E-state index contributed by atoms with van der Waals surface area (Å²) in [6, 6.07) is 9.74. The quantitative estimate of drug-likeness (QED) is 0.815. The number of aromatic amines is 1. The maximum absolute atomic E-state index is 11.0. The largest absolute Gasteiger partial charge is 0.308 e. The second-order valence-corrected chi connectivity index (χ2v) is 4.87. The predicted molar refractivity (Wildman–Crippen MR) is 75.8 cm³/mol. The first-order valence-electron chi connectivity index (χ1n) is 5.14. The van der Waals surface area contributed by atoms with Crippen LogP contribution < -0.4 is 5.32 Å². The van der Waals surface area contributed by atoms with Crippen molar-refractivity contribution in [1.82, 2.24) is 10.2 Å². The summed E-state index contributed by atoms with van der Waals surface area (Å²) < 4.78 is 1.06. The van der Waals surface area contributed by atoms with Gasteiger partial charge in [-0.25, -0.2) is 0 Å². The summed E-state index contributed by atoms with van der Waals surface area (Å²) in [6.45, 7) is 1.38. The van der Waals surface area contributed by atoms with Crippen LogP contribution in [0.4, 0.5) is 5.82 Å². The fourth-order valence-electron chi connectivity index (χ4n) is 1.56. The molecule has 0 saturated carbocycles. The van der Waals surface area contributed by atoms with Crippen LogP contribution in [0.2, 0.25) is 0 Å². The fourth-order valence-corrected chi connectivity index (χ4v) is 2.10. The first-order chi connectivity index (χ1) is 8.61. The first-order valence-corrected chi connectivity index (χ1v) is 6.21. The number of halogens is 1. The number of H-pyrrole nitrogens is 1. The number of hydrogen-bond donors (Lipinski definition) is 2. The number of carbonyl (C=O) groups is 1. The van der Waals surface area contributed by atoms with Gasteiger partial charge in [0.1, 0.15) is 11.6 Å². The fraction of sp³-hybridized carbons (Fsp3) is 0.0833. The Bertz CT molecular complexity index is 642. The highest BCUT2D eigenvalue weighted by molar-refractivity contribution is 14.1. The molecule has 0 unspecified atom stereocenters. The summed E-state index contributed by atoms with van der Waals surface area (Å²) in [5.74, 6) is 0.00561. The Kier molecular flexibility index (Phi) is 3.62. The van der Waals surface area contributed by atoms with Gasteiger partial charge in [-0.1, -0.05) is 12.1 Å². The van der Waals surface area contributed by atoms with Crippen molar-refractivity contribution in [3.05, 3.63) is 33.4 Å². The van der Waals surface area contributed by atoms with E-state index in [2.05, 4.69) is 44.2 Å². The average Bonchev–Trinajstić information content (AvgIpc) is 2.71. The van der Waals surface area contributed by atoms with E-state index in [1.54, 1.807) is 0 Å². The molecule has 90 valence electrons. The molecule has 0 aliphatic heterocycles. The predicted octanol–water partition coefficient (Wildman–Crippen LogP) is 2.51. The molecule has 2 N–H and O–H groups in total. The van der Waals surface area contributed by atoms with Crippen LogP contribution >= 0.6 is 22.6 Å². The highest BCUT2D eigenvalue weighted by Gasteiger charge is 2.15. The molecule has 0 atom stereocenters. The normalized spacial score (nSPS) is 9.83. The monoisotopic (exact) mass is 352 g/mol. The molecule has 1 amide bonds. The van der Waals surface area contributed by atoms with Gasteiger partial charge in [0.2, 0.25) is 5.91 Å². The van der Waals surface area contributed by atoms with E-state index in [4.69, 9.17) is 5.26 Å². The number of nitrogens with one attached hydrogen (secondary N) is 2. The van der Waals surface area contributed by atoms with Gasteiger partial charge in [0.05, 0.1) is 5.69 Å². The lowest BCUT2D eigenvalue weighted by Gasteiger charge is -2.00. The van der Waals surface area contributed by atoms with Crippen molar-refractivity contribution in [2.75, 3.05) is 5.32 Å². The molecule has 0 bridgehead atoms. The molecule has 1 heterocycles. The van der Waals surface area contributed by atoms with Crippen LogP contribution in [0.1, 0.15) is 12.5 Å². The molecular weight excluding hydrogens is 343 g/mol. The summed E-state index contributed by atoms with van der Waals surface area (Å²) in [5.41, 5.74) is 1.81. The van der Waals surface area contributed by atoms with Crippen molar-refractivity contribution in [1.29, 1.82) is 5.26 Å². The third-order valence-electron chi connectivity index (χ3n) is 2.29. The SMILES string of the molecule is CC(=O)Nc1n[nH]c(-c2cccc(I)c2)c1C#N. The molecule has 2 aromatic rings. The van der Waals surface area contributed by atoms with Gasteiger partial charge in [0, 0.05) is 16.1 Å². The Morgan fingerprint density at radius 1 is 1.56 bits per heavy atom. The molecular formula is C12H9IN4O. The van der Waals surface area contributed by atoms with Crippen LogP contribution in [0.5, 0.6) is 0 Å². The maximum Gasteiger partial charge on any atom is 0.222 e. The number of nitriles is 1. The smallest absolute Gasteiger partial charge is 0.222 e. The van der Waals surface area contributed by atoms with E-state index in [1.165, 1.54) is 6.92 Å². The third kappa shape index (κ3) is 2.51. The molecule has 0 spiro atoms. The summed E-state index contributed by atoms with van der Waals surface area (Å²) in [7, 11) is 0. The van der Waals surface area contributed by atoms with Crippen molar-refractivity contribution < 1.29 is 4.79 Å². The Balaban J connectivity index is 2.50. The topological polar surface area (TPSA) is 81.6 Å². The number of benzene rings is 1. The number of hydrogen-bond acceptors (Lipinski definition) is 3. The second kappa shape index (κ2) is 5.18. The number of nitrogens with zero attached hydrogens (tertiary/aromatic N) is 2. The van der Waals surface area contributed by atoms with Gasteiger partial charge >= 0.3 is 0 Å². The third-order valence-corrected chi connectivity index (χ3v) is 2.96. The minimum atomic E-state index is -0.257. The zero-order valence-corrected chi connectivity index (χ0v) is 11.6. The van der Waals surface area contributed by atoms with Crippen LogP contribution in [0.15, 0.2) is 24.3 Å². The van der Waals surface area contributed by atoms with Gasteiger partial charge in [0.25, 0.3) is 0 Å². The molecule has 0 radical (unpaired) electrons. The zero-order chi connectivity index (χ0) is 13.1. The Morgan fingerprint density at radius 2 is 2.33 bits per heavy atom. The van der Waals surface area contributed by atoms with E-state index < -0.39 is 0 Å². The Hall–Kier alpha value is -1.88. The van der Waals surface area contributed by atoms with Gasteiger partial charge in [0.15, 0.2) is 5.82 Å². The molecule has 0 aliphatic carbocycles. The van der Waals surface area contributed by atoms with Gasteiger partial charge in [-0.2, -0.15) is 10.4 Å². The van der Waals surface area contributed by atoms with E-state index in [9.17, 15) is 4.79 Å². The van der Waals surface area contributed by atoms with Gasteiger partial charge < -0.3 is 5.32 Å². The van der Waals surface area contributed by atoms with E-state index in [1.807, 2.05) is 24.3 Å². The van der Waals surface area contributed by atoms with E-state index in [0.717, 1.165) is 9.13 Å². The van der Waals surface area contributed by atoms with Gasteiger partial charge in [-0.15, -0.1) is 0 Å². The summed E-state index contributed by atoms with van der Waals surface area (Å²) in [6.07, 6.45) is 0. The molecule has 1 aromatic carbocycles. The molecule has 18 heavy (non-hydrogen) atoms. The lowest BCUT2D eigenvalue weighted by molar-refractivity contribution is -0.114. The van der Waals surface area contributed by atoms with Crippen LogP contribution in [-0.4, -0.2) is 16.1 Å². The number of rotatable bonds is 2. The standard InChI is InChI=1S/C12H9IN4O/c1-7(18)15-12-10(6-14)11(16-17-12)8-3-2-4-9(13)5-8/h2-5H,1H3,(H2,15,16,17,18). The number of aromatic nitrogens is 2. The minimum absolute atomic E-state index is 0.257. The highest BCUT2D eigenvalue weighted by atomic mass is 127. The molecule has 6 heteroatoms. The molecule has 0 fully saturated rings. The second-order valence-electron chi connectivity index (χ2n) is 3.63. The van der Waals surface area contributed by atoms with E-state index in [-0.39, 0.29) is 11.7 Å². The molecule has 0 aliphatic rings. The number of amides is 1. The Labute approximate surface area is 117 Å². The van der Waals surface area contributed by atoms with Crippen molar-refractivity contribution in [3.8, 4) is 17.3 Å². The summed E-state index contributed by atoms with van der Waals surface area (Å²) >= 11 is 2.20. The van der Waals surface area contributed by atoms with Crippen molar-refractivity contribution in [2.45, 2.75) is 6.92 Å². The van der Waals surface area contributed by atoms with Gasteiger partial charge in [-0.3, -0.25) is 9.89 Å². The molecule has 5 nitrogen and oxygen atoms in total. The van der Waals surface area contributed by atoms with Crippen LogP contribution in [0, 0.1) is 14.9 Å². The van der Waals surface area contributed by atoms with Crippen LogP contribution in [0.25, 0.3) is 11.3 Å². The molecule has 2 rings (SSSR count). The minimum Gasteiger partial charge on any atom is -0.308 e. The van der Waals surface area contributed by atoms with Crippen LogP contribution in [0.3, 0.4) is 0 Å². The summed E-state index contributed by atoms with van der Waals surface area (Å²) in [5, 5.41) is 18.4. The highest BCUT2D eigenvalue weighted by Crippen LogP contribution is 2.26. The number of anilines is 1. The van der Waals surface area contributed by atoms with Crippen molar-refractivity contribution in [2.24, 2.45) is 0 Å². The molecule has 0 saturated heterocycles.